The fourth-order valence-electron chi connectivity index (χ4n) is 4.19. The summed E-state index contributed by atoms with van der Waals surface area (Å²) in [6.45, 7) is 0.496. The standard InChI is InChI=1S/C28H26N4O3/c1-34-21-12-13-23(26(16-21)35-2)27-24(18-32(31-27)20-8-4-3-5-9-20)28(33)29-15-14-19-17-30-25-11-7-6-10-22(19)25/h3-13,16-18,30H,14-15H2,1-2H3,(H,29,33). The smallest absolute Gasteiger partial charge is 0.255 e. The zero-order valence-electron chi connectivity index (χ0n) is 19.6. The molecule has 0 radical (unpaired) electrons. The Bertz CT molecular complexity index is 1470. The first-order chi connectivity index (χ1) is 17.2. The van der Waals surface area contributed by atoms with Gasteiger partial charge in [0, 0.05) is 41.5 Å². The molecule has 35 heavy (non-hydrogen) atoms. The fourth-order valence-corrected chi connectivity index (χ4v) is 4.19. The Morgan fingerprint density at radius 1 is 1.00 bits per heavy atom. The topological polar surface area (TPSA) is 81.2 Å². The molecule has 2 heterocycles. The summed E-state index contributed by atoms with van der Waals surface area (Å²) in [5.41, 5.74) is 4.84. The number of para-hydroxylation sites is 2. The Kier molecular flexibility index (Phi) is 6.22. The van der Waals surface area contributed by atoms with Crippen LogP contribution in [-0.4, -0.2) is 41.4 Å². The van der Waals surface area contributed by atoms with Gasteiger partial charge in [0.05, 0.1) is 25.5 Å². The van der Waals surface area contributed by atoms with Crippen molar-refractivity contribution in [3.8, 4) is 28.4 Å². The summed E-state index contributed by atoms with van der Waals surface area (Å²) in [7, 11) is 3.19. The summed E-state index contributed by atoms with van der Waals surface area (Å²) in [4.78, 5) is 16.6. The Hall–Kier alpha value is -4.52. The van der Waals surface area contributed by atoms with E-state index in [-0.39, 0.29) is 5.91 Å². The maximum Gasteiger partial charge on any atom is 0.255 e. The number of benzene rings is 3. The first-order valence-electron chi connectivity index (χ1n) is 11.4. The van der Waals surface area contributed by atoms with Crippen molar-refractivity contribution in [3.05, 3.63) is 96.3 Å². The van der Waals surface area contributed by atoms with Crippen LogP contribution in [0.4, 0.5) is 0 Å². The van der Waals surface area contributed by atoms with Crippen LogP contribution in [0.25, 0.3) is 27.8 Å². The number of aromatic amines is 1. The number of nitrogens with zero attached hydrogens (tertiary/aromatic N) is 2. The quantitative estimate of drug-likeness (QED) is 0.337. The van der Waals surface area contributed by atoms with Crippen LogP contribution in [0, 0.1) is 0 Å². The molecule has 5 rings (SSSR count). The van der Waals surface area contributed by atoms with E-state index in [4.69, 9.17) is 14.6 Å². The Morgan fingerprint density at radius 3 is 2.60 bits per heavy atom. The van der Waals surface area contributed by atoms with E-state index in [1.807, 2.05) is 66.9 Å². The maximum absolute atomic E-state index is 13.4. The number of aromatic nitrogens is 3. The van der Waals surface area contributed by atoms with Crippen LogP contribution in [-0.2, 0) is 6.42 Å². The van der Waals surface area contributed by atoms with Crippen LogP contribution in [0.2, 0.25) is 0 Å². The molecule has 176 valence electrons. The average molecular weight is 467 g/mol. The van der Waals surface area contributed by atoms with Crippen molar-refractivity contribution in [2.45, 2.75) is 6.42 Å². The van der Waals surface area contributed by atoms with Crippen molar-refractivity contribution in [2.24, 2.45) is 0 Å². The molecule has 0 aliphatic rings. The molecule has 2 aromatic heterocycles. The molecule has 3 aromatic carbocycles. The van der Waals surface area contributed by atoms with E-state index < -0.39 is 0 Å². The highest BCUT2D eigenvalue weighted by Crippen LogP contribution is 2.34. The minimum atomic E-state index is -0.195. The van der Waals surface area contributed by atoms with Crippen molar-refractivity contribution >= 4 is 16.8 Å². The van der Waals surface area contributed by atoms with Gasteiger partial charge in [-0.2, -0.15) is 5.10 Å². The third-order valence-corrected chi connectivity index (χ3v) is 6.00. The fraction of sp³-hybridized carbons (Fsp3) is 0.143. The van der Waals surface area contributed by atoms with E-state index in [0.29, 0.717) is 41.3 Å². The van der Waals surface area contributed by atoms with Gasteiger partial charge in [-0.15, -0.1) is 0 Å². The second-order valence-corrected chi connectivity index (χ2v) is 8.10. The van der Waals surface area contributed by atoms with Gasteiger partial charge in [0.15, 0.2) is 0 Å². The van der Waals surface area contributed by atoms with Crippen molar-refractivity contribution in [1.82, 2.24) is 20.1 Å². The van der Waals surface area contributed by atoms with Gasteiger partial charge in [-0.1, -0.05) is 36.4 Å². The minimum Gasteiger partial charge on any atom is -0.497 e. The molecule has 0 aliphatic carbocycles. The summed E-state index contributed by atoms with van der Waals surface area (Å²) >= 11 is 0. The van der Waals surface area contributed by atoms with Gasteiger partial charge in [-0.25, -0.2) is 4.68 Å². The highest BCUT2D eigenvalue weighted by Gasteiger charge is 2.21. The molecular weight excluding hydrogens is 440 g/mol. The summed E-state index contributed by atoms with van der Waals surface area (Å²) in [5, 5.41) is 9.00. The predicted molar refractivity (Wildman–Crippen MR) is 136 cm³/mol. The zero-order valence-corrected chi connectivity index (χ0v) is 19.6. The minimum absolute atomic E-state index is 0.195. The van der Waals surface area contributed by atoms with Crippen LogP contribution in [0.1, 0.15) is 15.9 Å². The van der Waals surface area contributed by atoms with Gasteiger partial charge in [0.1, 0.15) is 17.2 Å². The number of fused-ring (bicyclic) bond motifs is 1. The van der Waals surface area contributed by atoms with Crippen molar-refractivity contribution in [2.75, 3.05) is 20.8 Å². The van der Waals surface area contributed by atoms with Gasteiger partial charge in [0.25, 0.3) is 5.91 Å². The van der Waals surface area contributed by atoms with E-state index in [1.54, 1.807) is 31.2 Å². The largest absolute Gasteiger partial charge is 0.497 e. The summed E-state index contributed by atoms with van der Waals surface area (Å²) in [6, 6.07) is 23.3. The lowest BCUT2D eigenvalue weighted by Gasteiger charge is -2.10. The predicted octanol–water partition coefficient (Wildman–Crippen LogP) is 5.01. The van der Waals surface area contributed by atoms with Gasteiger partial charge >= 0.3 is 0 Å². The third kappa shape index (κ3) is 4.48. The lowest BCUT2D eigenvalue weighted by molar-refractivity contribution is 0.0955. The number of carbonyl (C=O) groups is 1. The van der Waals surface area contributed by atoms with E-state index in [9.17, 15) is 4.79 Å². The van der Waals surface area contributed by atoms with Gasteiger partial charge < -0.3 is 19.8 Å². The molecule has 0 saturated carbocycles. The Morgan fingerprint density at radius 2 is 1.80 bits per heavy atom. The molecule has 0 fully saturated rings. The van der Waals surface area contributed by atoms with Gasteiger partial charge in [-0.3, -0.25) is 4.79 Å². The number of ether oxygens (including phenoxy) is 2. The van der Waals surface area contributed by atoms with E-state index in [1.165, 1.54) is 5.39 Å². The number of amides is 1. The zero-order chi connectivity index (χ0) is 24.2. The normalized spacial score (nSPS) is 10.9. The molecule has 0 bridgehead atoms. The molecule has 5 aromatic rings. The molecular formula is C28H26N4O3. The lowest BCUT2D eigenvalue weighted by atomic mass is 10.1. The Balaban J connectivity index is 1.45. The maximum atomic E-state index is 13.4. The molecule has 2 N–H and O–H groups in total. The molecule has 0 saturated heterocycles. The molecule has 1 amide bonds. The van der Waals surface area contributed by atoms with Crippen molar-refractivity contribution in [3.63, 3.8) is 0 Å². The number of H-pyrrole nitrogens is 1. The molecule has 0 spiro atoms. The summed E-state index contributed by atoms with van der Waals surface area (Å²) < 4.78 is 12.6. The van der Waals surface area contributed by atoms with E-state index in [0.717, 1.165) is 16.8 Å². The SMILES string of the molecule is COc1ccc(-c2nn(-c3ccccc3)cc2C(=O)NCCc2c[nH]c3ccccc23)c(OC)c1. The van der Waals surface area contributed by atoms with E-state index >= 15 is 0 Å². The molecule has 7 nitrogen and oxygen atoms in total. The number of hydrogen-bond acceptors (Lipinski definition) is 4. The molecule has 0 aliphatic heterocycles. The van der Waals surface area contributed by atoms with E-state index in [2.05, 4.69) is 16.4 Å². The van der Waals surface area contributed by atoms with Crippen LogP contribution in [0.15, 0.2) is 85.2 Å². The first kappa shape index (κ1) is 22.3. The highest BCUT2D eigenvalue weighted by atomic mass is 16.5. The number of rotatable bonds is 8. The second kappa shape index (κ2) is 9.77. The van der Waals surface area contributed by atoms with Crippen LogP contribution < -0.4 is 14.8 Å². The van der Waals surface area contributed by atoms with Gasteiger partial charge in [-0.05, 0) is 42.3 Å². The molecule has 7 heteroatoms. The third-order valence-electron chi connectivity index (χ3n) is 6.00. The first-order valence-corrected chi connectivity index (χ1v) is 11.4. The molecule has 0 unspecified atom stereocenters. The monoisotopic (exact) mass is 466 g/mol. The van der Waals surface area contributed by atoms with Crippen molar-refractivity contribution in [1.29, 1.82) is 0 Å². The van der Waals surface area contributed by atoms with Crippen LogP contribution in [0.5, 0.6) is 11.5 Å². The molecule has 0 atom stereocenters. The lowest BCUT2D eigenvalue weighted by Crippen LogP contribution is -2.25. The summed E-state index contributed by atoms with van der Waals surface area (Å²) in [5.74, 6) is 1.05. The number of carbonyl (C=O) groups excluding carboxylic acids is 1. The average Bonchev–Trinajstić information content (AvgIpc) is 3.54. The Labute approximate surface area is 203 Å². The number of nitrogens with one attached hydrogen (secondary N) is 2. The highest BCUT2D eigenvalue weighted by molar-refractivity contribution is 6.00. The van der Waals surface area contributed by atoms with Crippen LogP contribution >= 0.6 is 0 Å². The van der Waals surface area contributed by atoms with Gasteiger partial charge in [0.2, 0.25) is 0 Å². The second-order valence-electron chi connectivity index (χ2n) is 8.10. The summed E-state index contributed by atoms with van der Waals surface area (Å²) in [6.07, 6.45) is 4.47. The van der Waals surface area contributed by atoms with Crippen LogP contribution in [0.3, 0.4) is 0 Å². The number of hydrogen-bond donors (Lipinski definition) is 2. The number of methoxy groups -OCH3 is 2. The van der Waals surface area contributed by atoms with Crippen molar-refractivity contribution < 1.29 is 14.3 Å².